The number of carbonyl (C=O) groups excluding carboxylic acids is 2. The molecule has 2 bridgehead atoms. The molecule has 7 nitrogen and oxygen atoms in total. The molecule has 1 saturated heterocycles. The van der Waals surface area contributed by atoms with E-state index in [9.17, 15) is 9.59 Å². The first-order valence-electron chi connectivity index (χ1n) is 10.5. The number of nitrogens with two attached hydrogens (primary N) is 1. The van der Waals surface area contributed by atoms with Crippen molar-refractivity contribution in [2.24, 2.45) is 34.4 Å². The summed E-state index contributed by atoms with van der Waals surface area (Å²) < 4.78 is 5.82. The van der Waals surface area contributed by atoms with Crippen molar-refractivity contribution in [3.63, 3.8) is 0 Å². The summed E-state index contributed by atoms with van der Waals surface area (Å²) in [5, 5.41) is 3.03. The number of anilines is 1. The van der Waals surface area contributed by atoms with Gasteiger partial charge in [0.05, 0.1) is 18.4 Å². The molecule has 2 aromatic carbocycles. The van der Waals surface area contributed by atoms with Crippen molar-refractivity contribution in [1.29, 1.82) is 0 Å². The SMILES string of the molecule is I.NC(=NCCN1C(=O)C2C3C=CC(C3)C2C1=O)Nc1cccc(Oc2ccccc2)c1. The van der Waals surface area contributed by atoms with E-state index in [0.29, 0.717) is 5.75 Å². The second-order valence-electron chi connectivity index (χ2n) is 8.16. The molecule has 2 aliphatic carbocycles. The van der Waals surface area contributed by atoms with Gasteiger partial charge in [-0.2, -0.15) is 0 Å². The number of imide groups is 1. The summed E-state index contributed by atoms with van der Waals surface area (Å²) >= 11 is 0. The van der Waals surface area contributed by atoms with Crippen LogP contribution in [0.1, 0.15) is 6.42 Å². The van der Waals surface area contributed by atoms with Crippen LogP contribution in [-0.4, -0.2) is 35.8 Å². The van der Waals surface area contributed by atoms with Crippen LogP contribution < -0.4 is 15.8 Å². The Hall–Kier alpha value is -2.88. The third kappa shape index (κ3) is 4.23. The largest absolute Gasteiger partial charge is 0.457 e. The number of allylic oxidation sites excluding steroid dienone is 2. The van der Waals surface area contributed by atoms with Gasteiger partial charge in [0, 0.05) is 18.3 Å². The number of nitrogens with zero attached hydrogens (tertiary/aromatic N) is 2. The topological polar surface area (TPSA) is 97.0 Å². The average molecular weight is 544 g/mol. The fraction of sp³-hybridized carbons (Fsp3) is 0.292. The van der Waals surface area contributed by atoms with Crippen LogP contribution in [0.15, 0.2) is 71.7 Å². The Morgan fingerprint density at radius 2 is 1.66 bits per heavy atom. The number of carbonyl (C=O) groups is 2. The maximum absolute atomic E-state index is 12.7. The molecule has 0 aromatic heterocycles. The van der Waals surface area contributed by atoms with Crippen LogP contribution in [0.4, 0.5) is 5.69 Å². The first-order chi connectivity index (χ1) is 15.1. The summed E-state index contributed by atoms with van der Waals surface area (Å²) in [5.41, 5.74) is 6.74. The second kappa shape index (κ2) is 9.32. The van der Waals surface area contributed by atoms with Crippen LogP contribution in [0.5, 0.6) is 11.5 Å². The van der Waals surface area contributed by atoms with Crippen molar-refractivity contribution >= 4 is 47.4 Å². The Labute approximate surface area is 203 Å². The average Bonchev–Trinajstić information content (AvgIpc) is 3.44. The van der Waals surface area contributed by atoms with E-state index in [1.165, 1.54) is 4.90 Å². The molecule has 4 unspecified atom stereocenters. The maximum Gasteiger partial charge on any atom is 0.233 e. The lowest BCUT2D eigenvalue weighted by Gasteiger charge is -2.16. The highest BCUT2D eigenvalue weighted by molar-refractivity contribution is 14.0. The van der Waals surface area contributed by atoms with Gasteiger partial charge < -0.3 is 15.8 Å². The van der Waals surface area contributed by atoms with Gasteiger partial charge >= 0.3 is 0 Å². The quantitative estimate of drug-likeness (QED) is 0.190. The number of para-hydroxylation sites is 1. The molecule has 0 spiro atoms. The van der Waals surface area contributed by atoms with Crippen LogP contribution in [0.25, 0.3) is 0 Å². The van der Waals surface area contributed by atoms with Crippen molar-refractivity contribution in [1.82, 2.24) is 4.90 Å². The molecule has 1 aliphatic heterocycles. The van der Waals surface area contributed by atoms with Gasteiger partial charge in [-0.05, 0) is 42.5 Å². The minimum absolute atomic E-state index is 0. The lowest BCUT2D eigenvalue weighted by atomic mass is 9.85. The third-order valence-electron chi connectivity index (χ3n) is 6.25. The van der Waals surface area contributed by atoms with Crippen molar-refractivity contribution < 1.29 is 14.3 Å². The highest BCUT2D eigenvalue weighted by atomic mass is 127. The number of aliphatic imine (C=N–C) groups is 1. The number of benzene rings is 2. The molecule has 4 atom stereocenters. The van der Waals surface area contributed by atoms with Crippen molar-refractivity contribution in [3.8, 4) is 11.5 Å². The number of hydrogen-bond acceptors (Lipinski definition) is 4. The van der Waals surface area contributed by atoms with Gasteiger partial charge in [0.15, 0.2) is 5.96 Å². The van der Waals surface area contributed by atoms with E-state index in [1.807, 2.05) is 54.6 Å². The number of rotatable bonds is 6. The normalized spacial score (nSPS) is 25.6. The van der Waals surface area contributed by atoms with E-state index < -0.39 is 0 Å². The number of likely N-dealkylation sites (tertiary alicyclic amines) is 1. The first-order valence-corrected chi connectivity index (χ1v) is 10.5. The first kappa shape index (κ1) is 22.3. The number of amides is 2. The molecule has 2 aromatic rings. The summed E-state index contributed by atoms with van der Waals surface area (Å²) in [6, 6.07) is 16.9. The lowest BCUT2D eigenvalue weighted by molar-refractivity contribution is -0.140. The predicted octanol–water partition coefficient (Wildman–Crippen LogP) is 3.63. The number of nitrogens with one attached hydrogen (secondary N) is 1. The molecule has 5 rings (SSSR count). The van der Waals surface area contributed by atoms with Crippen LogP contribution in [0, 0.1) is 23.7 Å². The molecule has 32 heavy (non-hydrogen) atoms. The van der Waals surface area contributed by atoms with Crippen LogP contribution in [-0.2, 0) is 9.59 Å². The Morgan fingerprint density at radius 3 is 2.34 bits per heavy atom. The fourth-order valence-electron chi connectivity index (χ4n) is 4.90. The molecule has 2 amide bonds. The lowest BCUT2D eigenvalue weighted by Crippen LogP contribution is -2.35. The molecule has 1 heterocycles. The number of ether oxygens (including phenoxy) is 1. The molecule has 3 N–H and O–H groups in total. The zero-order valence-electron chi connectivity index (χ0n) is 17.4. The van der Waals surface area contributed by atoms with E-state index in [1.54, 1.807) is 0 Å². The summed E-state index contributed by atoms with van der Waals surface area (Å²) in [6.07, 6.45) is 5.12. The standard InChI is InChI=1S/C24H24N4O3.HI/c25-24(27-17-5-4-8-19(14-17)31-18-6-2-1-3-7-18)26-11-12-28-22(29)20-15-9-10-16(13-15)21(20)23(28)30;/h1-10,14-16,20-21H,11-13H2,(H3,25,26,27);1H. The number of hydrogen-bond donors (Lipinski definition) is 2. The Bertz CT molecular complexity index is 1040. The van der Waals surface area contributed by atoms with E-state index in [-0.39, 0.29) is 78.5 Å². The van der Waals surface area contributed by atoms with Crippen LogP contribution >= 0.6 is 24.0 Å². The summed E-state index contributed by atoms with van der Waals surface area (Å²) in [5.74, 6) is 1.62. The van der Waals surface area contributed by atoms with Gasteiger partial charge in [-0.25, -0.2) is 0 Å². The molecular formula is C24H25IN4O3. The van der Waals surface area contributed by atoms with Gasteiger partial charge in [-0.15, -0.1) is 24.0 Å². The Kier molecular flexibility index (Phi) is 6.50. The van der Waals surface area contributed by atoms with Gasteiger partial charge in [0.25, 0.3) is 0 Å². The Balaban J connectivity index is 0.00000245. The third-order valence-corrected chi connectivity index (χ3v) is 6.25. The van der Waals surface area contributed by atoms with Gasteiger partial charge in [0.2, 0.25) is 11.8 Å². The van der Waals surface area contributed by atoms with Crippen molar-refractivity contribution in [2.75, 3.05) is 18.4 Å². The second-order valence-corrected chi connectivity index (χ2v) is 8.16. The van der Waals surface area contributed by atoms with E-state index >= 15 is 0 Å². The summed E-state index contributed by atoms with van der Waals surface area (Å²) in [4.78, 5) is 31.1. The summed E-state index contributed by atoms with van der Waals surface area (Å²) in [7, 11) is 0. The molecule has 8 heteroatoms. The monoisotopic (exact) mass is 544 g/mol. The molecule has 0 radical (unpaired) electrons. The number of fused-ring (bicyclic) bond motifs is 5. The minimum atomic E-state index is -0.172. The highest BCUT2D eigenvalue weighted by Gasteiger charge is 2.58. The zero-order chi connectivity index (χ0) is 21.4. The molecule has 1 saturated carbocycles. The van der Waals surface area contributed by atoms with E-state index in [2.05, 4.69) is 22.5 Å². The van der Waals surface area contributed by atoms with Crippen molar-refractivity contribution in [3.05, 3.63) is 66.7 Å². The molecular weight excluding hydrogens is 519 g/mol. The van der Waals surface area contributed by atoms with E-state index in [0.717, 1.165) is 17.9 Å². The van der Waals surface area contributed by atoms with Gasteiger partial charge in [-0.1, -0.05) is 36.4 Å². The smallest absolute Gasteiger partial charge is 0.233 e. The summed E-state index contributed by atoms with van der Waals surface area (Å²) in [6.45, 7) is 0.516. The van der Waals surface area contributed by atoms with Crippen molar-refractivity contribution in [2.45, 2.75) is 6.42 Å². The Morgan fingerprint density at radius 1 is 1.00 bits per heavy atom. The van der Waals surface area contributed by atoms with Gasteiger partial charge in [-0.3, -0.25) is 19.5 Å². The zero-order valence-corrected chi connectivity index (χ0v) is 19.7. The molecule has 166 valence electrons. The van der Waals surface area contributed by atoms with Crippen LogP contribution in [0.2, 0.25) is 0 Å². The highest BCUT2D eigenvalue weighted by Crippen LogP contribution is 2.52. The number of guanidine groups is 1. The predicted molar refractivity (Wildman–Crippen MR) is 133 cm³/mol. The van der Waals surface area contributed by atoms with E-state index in [4.69, 9.17) is 10.5 Å². The minimum Gasteiger partial charge on any atom is -0.457 e. The van der Waals surface area contributed by atoms with Crippen LogP contribution in [0.3, 0.4) is 0 Å². The fourth-order valence-corrected chi connectivity index (χ4v) is 4.90. The van der Waals surface area contributed by atoms with Gasteiger partial charge in [0.1, 0.15) is 11.5 Å². The molecule has 3 aliphatic rings. The molecule has 2 fully saturated rings. The number of halogens is 1. The maximum atomic E-state index is 12.7.